The second-order valence-electron chi connectivity index (χ2n) is 6.57. The molecule has 0 bridgehead atoms. The van der Waals surface area contributed by atoms with E-state index in [0.29, 0.717) is 36.1 Å². The quantitative estimate of drug-likeness (QED) is 0.840. The highest BCUT2D eigenvalue weighted by Gasteiger charge is 2.54. The summed E-state index contributed by atoms with van der Waals surface area (Å²) in [5.74, 6) is -0.665. The topological polar surface area (TPSA) is 40.5 Å². The molecule has 0 spiro atoms. The fourth-order valence-electron chi connectivity index (χ4n) is 4.03. The molecule has 0 aromatic heterocycles. The number of fused-ring (bicyclic) bond motifs is 1. The minimum Gasteiger partial charge on any atom is -0.481 e. The van der Waals surface area contributed by atoms with Gasteiger partial charge in [0.15, 0.2) is 0 Å². The molecular weight excluding hydrogens is 375 g/mol. The highest BCUT2D eigenvalue weighted by Crippen LogP contribution is 2.49. The van der Waals surface area contributed by atoms with Crippen LogP contribution in [0.3, 0.4) is 0 Å². The molecule has 1 saturated carbocycles. The molecule has 2 fully saturated rings. The van der Waals surface area contributed by atoms with Gasteiger partial charge >= 0.3 is 12.1 Å². The molecule has 1 heterocycles. The Morgan fingerprint density at radius 1 is 1.39 bits per heavy atom. The molecule has 2 aliphatic rings. The van der Waals surface area contributed by atoms with E-state index >= 15 is 0 Å². The zero-order valence-electron chi connectivity index (χ0n) is 12.4. The standard InChI is InChI=1S/C16H17BrF3NO2/c17-13-5-10(4-12(6-13)16(18,19)20)7-21-8-11-2-1-3-15(11,9-21)14(22)23/h4-6,11H,1-3,7-9H2,(H,22,23)/t11-,15+/m0/s1. The first-order chi connectivity index (χ1) is 10.7. The largest absolute Gasteiger partial charge is 0.481 e. The van der Waals surface area contributed by atoms with E-state index in [1.165, 1.54) is 0 Å². The van der Waals surface area contributed by atoms with Crippen LogP contribution < -0.4 is 0 Å². The Morgan fingerprint density at radius 2 is 2.13 bits per heavy atom. The number of benzene rings is 1. The summed E-state index contributed by atoms with van der Waals surface area (Å²) in [5.41, 5.74) is -0.847. The molecule has 1 aliphatic carbocycles. The van der Waals surface area contributed by atoms with Crippen LogP contribution in [0, 0.1) is 11.3 Å². The Balaban J connectivity index is 1.79. The van der Waals surface area contributed by atoms with Gasteiger partial charge in [-0.3, -0.25) is 9.69 Å². The molecule has 0 radical (unpaired) electrons. The van der Waals surface area contributed by atoms with Gasteiger partial charge in [-0.2, -0.15) is 13.2 Å². The molecule has 3 nitrogen and oxygen atoms in total. The summed E-state index contributed by atoms with van der Waals surface area (Å²) in [6.07, 6.45) is -1.92. The zero-order valence-corrected chi connectivity index (χ0v) is 14.0. The monoisotopic (exact) mass is 391 g/mol. The number of rotatable bonds is 3. The summed E-state index contributed by atoms with van der Waals surface area (Å²) in [5, 5.41) is 9.57. The number of halogens is 4. The molecule has 0 amide bonds. The van der Waals surface area contributed by atoms with E-state index in [9.17, 15) is 23.1 Å². The van der Waals surface area contributed by atoms with Gasteiger partial charge < -0.3 is 5.11 Å². The second kappa shape index (κ2) is 5.77. The number of nitrogens with zero attached hydrogens (tertiary/aromatic N) is 1. The van der Waals surface area contributed by atoms with E-state index in [2.05, 4.69) is 15.9 Å². The lowest BCUT2D eigenvalue weighted by Crippen LogP contribution is -2.35. The van der Waals surface area contributed by atoms with Crippen molar-refractivity contribution >= 4 is 21.9 Å². The number of carbonyl (C=O) groups is 1. The van der Waals surface area contributed by atoms with Crippen LogP contribution in [-0.4, -0.2) is 29.1 Å². The number of aliphatic carboxylic acids is 1. The van der Waals surface area contributed by atoms with Crippen LogP contribution in [0.4, 0.5) is 13.2 Å². The third kappa shape index (κ3) is 3.13. The third-order valence-corrected chi connectivity index (χ3v) is 5.52. The van der Waals surface area contributed by atoms with Crippen molar-refractivity contribution in [2.45, 2.75) is 32.0 Å². The van der Waals surface area contributed by atoms with Crippen LogP contribution in [0.2, 0.25) is 0 Å². The predicted molar refractivity (Wildman–Crippen MR) is 81.8 cm³/mol. The molecule has 7 heteroatoms. The number of hydrogen-bond donors (Lipinski definition) is 1. The summed E-state index contributed by atoms with van der Waals surface area (Å²) >= 11 is 3.12. The minimum atomic E-state index is -4.39. The van der Waals surface area contributed by atoms with Crippen molar-refractivity contribution < 1.29 is 23.1 Å². The van der Waals surface area contributed by atoms with E-state index in [0.717, 1.165) is 25.0 Å². The van der Waals surface area contributed by atoms with E-state index in [1.807, 2.05) is 4.90 Å². The summed E-state index contributed by atoms with van der Waals surface area (Å²) in [6.45, 7) is 1.40. The Kier molecular flexibility index (Phi) is 4.21. The lowest BCUT2D eigenvalue weighted by Gasteiger charge is -2.23. The first-order valence-corrected chi connectivity index (χ1v) is 8.32. The van der Waals surface area contributed by atoms with E-state index < -0.39 is 23.1 Å². The normalized spacial score (nSPS) is 28.1. The van der Waals surface area contributed by atoms with Crippen LogP contribution in [0.5, 0.6) is 0 Å². The average Bonchev–Trinajstić information content (AvgIpc) is 2.94. The van der Waals surface area contributed by atoms with Gasteiger partial charge in [0.1, 0.15) is 0 Å². The van der Waals surface area contributed by atoms with Crippen molar-refractivity contribution in [1.82, 2.24) is 4.90 Å². The second-order valence-corrected chi connectivity index (χ2v) is 7.48. The molecule has 126 valence electrons. The van der Waals surface area contributed by atoms with Crippen molar-refractivity contribution in [3.05, 3.63) is 33.8 Å². The fraction of sp³-hybridized carbons (Fsp3) is 0.562. The SMILES string of the molecule is O=C(O)[C@@]12CCC[C@H]1CN(Cc1cc(Br)cc(C(F)(F)F)c1)C2. The zero-order chi connectivity index (χ0) is 16.8. The fourth-order valence-corrected chi connectivity index (χ4v) is 4.57. The Morgan fingerprint density at radius 3 is 2.74 bits per heavy atom. The van der Waals surface area contributed by atoms with Gasteiger partial charge in [-0.15, -0.1) is 0 Å². The van der Waals surface area contributed by atoms with Gasteiger partial charge in [-0.1, -0.05) is 22.4 Å². The predicted octanol–water partition coefficient (Wildman–Crippen LogP) is 4.15. The molecule has 1 aromatic carbocycles. The van der Waals surface area contributed by atoms with E-state index in [1.54, 1.807) is 6.07 Å². The Bertz CT molecular complexity index is 634. The molecule has 0 unspecified atom stereocenters. The van der Waals surface area contributed by atoms with Gasteiger partial charge in [-0.25, -0.2) is 0 Å². The van der Waals surface area contributed by atoms with E-state index in [4.69, 9.17) is 0 Å². The van der Waals surface area contributed by atoms with Crippen molar-refractivity contribution in [1.29, 1.82) is 0 Å². The maximum atomic E-state index is 12.9. The Hall–Kier alpha value is -1.08. The maximum absolute atomic E-state index is 12.9. The molecule has 1 aliphatic heterocycles. The number of carboxylic acids is 1. The Labute approximate surface area is 140 Å². The van der Waals surface area contributed by atoms with Gasteiger partial charge in [-0.05, 0) is 42.5 Å². The molecule has 1 N–H and O–H groups in total. The third-order valence-electron chi connectivity index (χ3n) is 5.06. The molecule has 1 saturated heterocycles. The molecular formula is C16H17BrF3NO2. The number of likely N-dealkylation sites (tertiary alicyclic amines) is 1. The van der Waals surface area contributed by atoms with Crippen molar-refractivity contribution in [3.63, 3.8) is 0 Å². The summed E-state index contributed by atoms with van der Waals surface area (Å²) in [6, 6.07) is 3.87. The number of carboxylic acid groups (broad SMARTS) is 1. The highest BCUT2D eigenvalue weighted by molar-refractivity contribution is 9.10. The van der Waals surface area contributed by atoms with Crippen LogP contribution in [-0.2, 0) is 17.5 Å². The van der Waals surface area contributed by atoms with Gasteiger partial charge in [0.2, 0.25) is 0 Å². The molecule has 2 atom stereocenters. The van der Waals surface area contributed by atoms with Crippen LogP contribution in [0.1, 0.15) is 30.4 Å². The summed E-state index contributed by atoms with van der Waals surface area (Å²) < 4.78 is 39.1. The van der Waals surface area contributed by atoms with Gasteiger partial charge in [0, 0.05) is 24.1 Å². The summed E-state index contributed by atoms with van der Waals surface area (Å²) in [4.78, 5) is 13.6. The summed E-state index contributed by atoms with van der Waals surface area (Å²) in [7, 11) is 0. The molecule has 23 heavy (non-hydrogen) atoms. The lowest BCUT2D eigenvalue weighted by atomic mass is 9.81. The maximum Gasteiger partial charge on any atom is 0.416 e. The van der Waals surface area contributed by atoms with Gasteiger partial charge in [0.25, 0.3) is 0 Å². The van der Waals surface area contributed by atoms with Crippen molar-refractivity contribution in [3.8, 4) is 0 Å². The van der Waals surface area contributed by atoms with Crippen molar-refractivity contribution in [2.24, 2.45) is 11.3 Å². The van der Waals surface area contributed by atoms with Gasteiger partial charge in [0.05, 0.1) is 11.0 Å². The molecule has 1 aromatic rings. The minimum absolute atomic E-state index is 0.106. The van der Waals surface area contributed by atoms with Crippen molar-refractivity contribution in [2.75, 3.05) is 13.1 Å². The molecule has 3 rings (SSSR count). The number of hydrogen-bond acceptors (Lipinski definition) is 2. The first kappa shape index (κ1) is 16.8. The first-order valence-electron chi connectivity index (χ1n) is 7.53. The lowest BCUT2D eigenvalue weighted by molar-refractivity contribution is -0.149. The van der Waals surface area contributed by atoms with Crippen LogP contribution >= 0.6 is 15.9 Å². The van der Waals surface area contributed by atoms with Crippen LogP contribution in [0.15, 0.2) is 22.7 Å². The van der Waals surface area contributed by atoms with E-state index in [-0.39, 0.29) is 5.92 Å². The number of alkyl halides is 3. The smallest absolute Gasteiger partial charge is 0.416 e. The average molecular weight is 392 g/mol. The highest BCUT2D eigenvalue weighted by atomic mass is 79.9. The van der Waals surface area contributed by atoms with Crippen LogP contribution in [0.25, 0.3) is 0 Å².